The minimum absolute atomic E-state index is 0.180. The Balaban J connectivity index is 1.42. The number of alkyl halides is 3. The number of nitrogens with one attached hydrogen (secondary N) is 1. The molecule has 2 unspecified atom stereocenters. The molecule has 0 aliphatic carbocycles. The molecule has 13 heteroatoms. The highest BCUT2D eigenvalue weighted by atomic mass is 32.2. The lowest BCUT2D eigenvalue weighted by Gasteiger charge is -2.31. The molecule has 4 aromatic rings. The van der Waals surface area contributed by atoms with E-state index in [-0.39, 0.29) is 11.1 Å². The van der Waals surface area contributed by atoms with E-state index >= 15 is 0 Å². The smallest absolute Gasteiger partial charge is 0.325 e. The van der Waals surface area contributed by atoms with Crippen LogP contribution in [0.25, 0.3) is 0 Å². The van der Waals surface area contributed by atoms with Crippen LogP contribution < -0.4 is 15.1 Å². The third kappa shape index (κ3) is 5.77. The average Bonchev–Trinajstić information content (AvgIpc) is 3.43. The van der Waals surface area contributed by atoms with Crippen molar-refractivity contribution < 1.29 is 31.9 Å². The molecule has 1 fully saturated rings. The predicted molar refractivity (Wildman–Crippen MR) is 168 cm³/mol. The molecule has 3 aromatic carbocycles. The molecular weight excluding hydrogens is 643 g/mol. The molecule has 0 bridgehead atoms. The first-order chi connectivity index (χ1) is 21.6. The number of carbonyl (C=O) groups excluding carboxylic acids is 3. The summed E-state index contributed by atoms with van der Waals surface area (Å²) in [6.07, 6.45) is -4.69. The van der Waals surface area contributed by atoms with E-state index < -0.39 is 63.8 Å². The fourth-order valence-electron chi connectivity index (χ4n) is 5.76. The van der Waals surface area contributed by atoms with Crippen LogP contribution in [0.4, 0.5) is 28.9 Å². The summed E-state index contributed by atoms with van der Waals surface area (Å²) in [6, 6.07) is 16.7. The number of fused-ring (bicyclic) bond motifs is 2. The summed E-state index contributed by atoms with van der Waals surface area (Å²) in [5, 5.41) is 1.89. The van der Waals surface area contributed by atoms with Gasteiger partial charge in [0.2, 0.25) is 17.7 Å². The summed E-state index contributed by atoms with van der Waals surface area (Å²) in [5.74, 6) is -4.21. The molecule has 1 saturated heterocycles. The van der Waals surface area contributed by atoms with E-state index in [4.69, 9.17) is 0 Å². The summed E-state index contributed by atoms with van der Waals surface area (Å²) in [4.78, 5) is 55.1. The Kier molecular flexibility index (Phi) is 7.96. The minimum atomic E-state index is -4.69. The number of aromatic nitrogens is 1. The lowest BCUT2D eigenvalue weighted by molar-refractivity contribution is -0.137. The maximum atomic E-state index is 14.1. The van der Waals surface area contributed by atoms with Gasteiger partial charge in [0.1, 0.15) is 17.6 Å². The SMILES string of the molecule is CC(C)(C)c1ccc([C@@H]2c3sc(=O)n(CC(=O)Nc4ccc(F)cc4)c3SC3C(=O)N(c4cccc(C(F)(F)F)c4)C(=O)C32)cc1. The first-order valence-electron chi connectivity index (χ1n) is 14.2. The zero-order valence-corrected chi connectivity index (χ0v) is 26.4. The van der Waals surface area contributed by atoms with E-state index in [1.807, 2.05) is 45.0 Å². The Morgan fingerprint density at radius 1 is 0.891 bits per heavy atom. The van der Waals surface area contributed by atoms with Crippen molar-refractivity contribution in [1.29, 1.82) is 0 Å². The number of nitrogens with zero attached hydrogens (tertiary/aromatic N) is 2. The number of hydrogen-bond donors (Lipinski definition) is 1. The van der Waals surface area contributed by atoms with Crippen molar-refractivity contribution in [3.05, 3.63) is 110 Å². The summed E-state index contributed by atoms with van der Waals surface area (Å²) < 4.78 is 55.2. The van der Waals surface area contributed by atoms with Gasteiger partial charge in [0.25, 0.3) is 0 Å². The van der Waals surface area contributed by atoms with E-state index in [0.717, 1.165) is 51.8 Å². The van der Waals surface area contributed by atoms with Crippen LogP contribution in [-0.4, -0.2) is 27.5 Å². The number of thioether (sulfide) groups is 1. The summed E-state index contributed by atoms with van der Waals surface area (Å²) in [7, 11) is 0. The zero-order valence-electron chi connectivity index (χ0n) is 24.7. The van der Waals surface area contributed by atoms with E-state index in [2.05, 4.69) is 5.32 Å². The second-order valence-corrected chi connectivity index (χ2v) is 14.3. The topological polar surface area (TPSA) is 88.5 Å². The van der Waals surface area contributed by atoms with Crippen LogP contribution in [-0.2, 0) is 32.5 Å². The lowest BCUT2D eigenvalue weighted by atomic mass is 9.81. The monoisotopic (exact) mass is 669 g/mol. The molecule has 238 valence electrons. The number of hydrogen-bond acceptors (Lipinski definition) is 6. The van der Waals surface area contributed by atoms with Gasteiger partial charge in [0.05, 0.1) is 22.2 Å². The normalized spacial score (nSPS) is 19.6. The number of thiazole rings is 1. The molecule has 46 heavy (non-hydrogen) atoms. The second-order valence-electron chi connectivity index (χ2n) is 12.2. The molecule has 2 aliphatic heterocycles. The summed E-state index contributed by atoms with van der Waals surface area (Å²) >= 11 is 1.82. The highest BCUT2D eigenvalue weighted by Gasteiger charge is 2.57. The van der Waals surface area contributed by atoms with Gasteiger partial charge in [-0.15, -0.1) is 0 Å². The lowest BCUT2D eigenvalue weighted by Crippen LogP contribution is -2.33. The van der Waals surface area contributed by atoms with Crippen LogP contribution in [0.2, 0.25) is 0 Å². The van der Waals surface area contributed by atoms with E-state index in [1.54, 1.807) is 0 Å². The number of halogens is 4. The number of amides is 3. The Bertz CT molecular complexity index is 1910. The number of carbonyl (C=O) groups is 3. The molecule has 7 nitrogen and oxygen atoms in total. The quantitative estimate of drug-likeness (QED) is 0.187. The molecule has 0 radical (unpaired) electrons. The van der Waals surface area contributed by atoms with Crippen molar-refractivity contribution in [2.75, 3.05) is 10.2 Å². The number of benzene rings is 3. The summed E-state index contributed by atoms with van der Waals surface area (Å²) in [5.41, 5.74) is 0.617. The van der Waals surface area contributed by atoms with Crippen LogP contribution in [0.5, 0.6) is 0 Å². The van der Waals surface area contributed by atoms with Gasteiger partial charge in [-0.05, 0) is 59.0 Å². The molecular formula is C33H27F4N3O4S2. The van der Waals surface area contributed by atoms with Crippen molar-refractivity contribution in [1.82, 2.24) is 4.57 Å². The molecule has 0 saturated carbocycles. The van der Waals surface area contributed by atoms with Crippen molar-refractivity contribution >= 4 is 52.2 Å². The number of rotatable bonds is 5. The van der Waals surface area contributed by atoms with Gasteiger partial charge < -0.3 is 5.32 Å². The second kappa shape index (κ2) is 11.5. The number of imide groups is 1. The highest BCUT2D eigenvalue weighted by Crippen LogP contribution is 2.54. The minimum Gasteiger partial charge on any atom is -0.325 e. The predicted octanol–water partition coefficient (Wildman–Crippen LogP) is 6.80. The molecule has 3 atom stereocenters. The first-order valence-corrected chi connectivity index (χ1v) is 15.9. The van der Waals surface area contributed by atoms with Crippen LogP contribution >= 0.6 is 23.1 Å². The molecule has 1 N–H and O–H groups in total. The Hall–Kier alpha value is -4.23. The van der Waals surface area contributed by atoms with Crippen LogP contribution in [0, 0.1) is 11.7 Å². The number of anilines is 2. The van der Waals surface area contributed by atoms with Crippen molar-refractivity contribution in [2.24, 2.45) is 5.92 Å². The molecule has 0 spiro atoms. The third-order valence-corrected chi connectivity index (χ3v) is 10.7. The Labute approximate surface area is 269 Å². The highest BCUT2D eigenvalue weighted by molar-refractivity contribution is 8.00. The van der Waals surface area contributed by atoms with Gasteiger partial charge in [-0.25, -0.2) is 9.29 Å². The first kappa shape index (κ1) is 31.7. The molecule has 3 amide bonds. The van der Waals surface area contributed by atoms with Crippen molar-refractivity contribution in [3.8, 4) is 0 Å². The fourth-order valence-corrected chi connectivity index (χ4v) is 8.53. The van der Waals surface area contributed by atoms with Gasteiger partial charge in [-0.1, -0.05) is 74.2 Å². The maximum absolute atomic E-state index is 14.1. The van der Waals surface area contributed by atoms with Crippen LogP contribution in [0.15, 0.2) is 82.6 Å². The largest absolute Gasteiger partial charge is 0.416 e. The zero-order chi connectivity index (χ0) is 33.1. The molecule has 6 rings (SSSR count). The summed E-state index contributed by atoms with van der Waals surface area (Å²) in [6.45, 7) is 5.72. The van der Waals surface area contributed by atoms with Gasteiger partial charge in [0, 0.05) is 16.5 Å². The fraction of sp³-hybridized carbons (Fsp3) is 0.273. The van der Waals surface area contributed by atoms with E-state index in [0.29, 0.717) is 21.2 Å². The average molecular weight is 670 g/mol. The standard InChI is InChI=1S/C33H27F4N3O4S2/c1-32(2,3)18-9-7-17(8-10-18)24-25-26(29(43)40(28(25)42)22-6-4-5-19(15-22)33(35,36)37)45-30-27(24)46-31(44)39(30)16-23(41)38-21-13-11-20(34)12-14-21/h4-15,24-26H,16H2,1-3H3,(H,38,41)/t24-,25?,26?/m0/s1. The Morgan fingerprint density at radius 3 is 2.20 bits per heavy atom. The molecule has 1 aromatic heterocycles. The van der Waals surface area contributed by atoms with Crippen molar-refractivity contribution in [2.45, 2.75) is 55.1 Å². The van der Waals surface area contributed by atoms with E-state index in [9.17, 15) is 36.7 Å². The van der Waals surface area contributed by atoms with Gasteiger partial charge >= 0.3 is 11.0 Å². The maximum Gasteiger partial charge on any atom is 0.416 e. The van der Waals surface area contributed by atoms with Crippen LogP contribution in [0.1, 0.15) is 48.3 Å². The van der Waals surface area contributed by atoms with Gasteiger partial charge in [-0.2, -0.15) is 13.2 Å². The third-order valence-electron chi connectivity index (χ3n) is 8.05. The van der Waals surface area contributed by atoms with Crippen molar-refractivity contribution in [3.63, 3.8) is 0 Å². The van der Waals surface area contributed by atoms with Crippen LogP contribution in [0.3, 0.4) is 0 Å². The molecule has 2 aliphatic rings. The molecule has 3 heterocycles. The Morgan fingerprint density at radius 2 is 1.57 bits per heavy atom. The van der Waals surface area contributed by atoms with E-state index in [1.165, 1.54) is 34.9 Å². The van der Waals surface area contributed by atoms with Gasteiger partial charge in [-0.3, -0.25) is 23.7 Å². The van der Waals surface area contributed by atoms with Gasteiger partial charge in [0.15, 0.2) is 0 Å².